The standard InChI is InChI=1S/C14H11BrOS/c1-8-6-12(17-14(8)15)13(16)11-7-9-4-2-3-5-10(9)11/h2-6,11H,7H2,1H3. The van der Waals surface area contributed by atoms with Crippen LogP contribution in [0.3, 0.4) is 0 Å². The number of hydrogen-bond donors (Lipinski definition) is 0. The molecule has 1 aromatic heterocycles. The van der Waals surface area contributed by atoms with Crippen molar-refractivity contribution in [2.24, 2.45) is 0 Å². The topological polar surface area (TPSA) is 17.1 Å². The monoisotopic (exact) mass is 306 g/mol. The fourth-order valence-electron chi connectivity index (χ4n) is 2.25. The lowest BCUT2D eigenvalue weighted by atomic mass is 9.75. The predicted molar refractivity (Wildman–Crippen MR) is 74.0 cm³/mol. The summed E-state index contributed by atoms with van der Waals surface area (Å²) in [6, 6.07) is 10.2. The van der Waals surface area contributed by atoms with Gasteiger partial charge in [0.25, 0.3) is 0 Å². The van der Waals surface area contributed by atoms with E-state index in [0.29, 0.717) is 0 Å². The number of halogens is 1. The molecule has 1 heterocycles. The summed E-state index contributed by atoms with van der Waals surface area (Å²) in [5.41, 5.74) is 3.67. The zero-order valence-electron chi connectivity index (χ0n) is 9.37. The Balaban J connectivity index is 1.91. The van der Waals surface area contributed by atoms with Gasteiger partial charge in [0.1, 0.15) is 0 Å². The van der Waals surface area contributed by atoms with Crippen LogP contribution in [-0.2, 0) is 6.42 Å². The second-order valence-corrected chi connectivity index (χ2v) is 6.76. The number of rotatable bonds is 2. The first kappa shape index (κ1) is 11.2. The van der Waals surface area contributed by atoms with E-state index in [-0.39, 0.29) is 11.7 Å². The highest BCUT2D eigenvalue weighted by atomic mass is 79.9. The normalized spacial score (nSPS) is 17.4. The maximum atomic E-state index is 12.3. The lowest BCUT2D eigenvalue weighted by molar-refractivity contribution is 0.0953. The van der Waals surface area contributed by atoms with Crippen molar-refractivity contribution in [1.29, 1.82) is 0 Å². The summed E-state index contributed by atoms with van der Waals surface area (Å²) < 4.78 is 1.06. The first-order valence-corrected chi connectivity index (χ1v) is 7.15. The molecule has 1 unspecified atom stereocenters. The van der Waals surface area contributed by atoms with Crippen LogP contribution in [0.1, 0.15) is 32.3 Å². The quantitative estimate of drug-likeness (QED) is 0.754. The summed E-state index contributed by atoms with van der Waals surface area (Å²) in [6.07, 6.45) is 0.892. The number of aryl methyl sites for hydroxylation is 1. The molecule has 0 saturated heterocycles. The molecule has 3 rings (SSSR count). The number of Topliss-reactive ketones (excluding diaryl/α,β-unsaturated/α-hetero) is 1. The van der Waals surface area contributed by atoms with Crippen molar-refractivity contribution in [3.8, 4) is 0 Å². The average molecular weight is 307 g/mol. The highest BCUT2D eigenvalue weighted by Crippen LogP contribution is 2.39. The minimum atomic E-state index is 0.0798. The molecule has 0 fully saturated rings. The number of carbonyl (C=O) groups excluding carboxylic acids is 1. The summed E-state index contributed by atoms with van der Waals surface area (Å²) in [5.74, 6) is 0.346. The summed E-state index contributed by atoms with van der Waals surface area (Å²) >= 11 is 5.01. The molecule has 86 valence electrons. The van der Waals surface area contributed by atoms with E-state index in [1.807, 2.05) is 25.1 Å². The molecular formula is C14H11BrOS. The molecule has 0 aliphatic heterocycles. The molecule has 0 saturated carbocycles. The van der Waals surface area contributed by atoms with Gasteiger partial charge in [-0.2, -0.15) is 0 Å². The van der Waals surface area contributed by atoms with E-state index in [1.165, 1.54) is 11.1 Å². The van der Waals surface area contributed by atoms with E-state index >= 15 is 0 Å². The fourth-order valence-corrected chi connectivity index (χ4v) is 3.77. The first-order valence-electron chi connectivity index (χ1n) is 5.55. The number of thiophene rings is 1. The molecule has 0 spiro atoms. The molecule has 1 atom stereocenters. The van der Waals surface area contributed by atoms with Crippen LogP contribution in [0.4, 0.5) is 0 Å². The van der Waals surface area contributed by atoms with Crippen LogP contribution >= 0.6 is 27.3 Å². The smallest absolute Gasteiger partial charge is 0.180 e. The van der Waals surface area contributed by atoms with E-state index in [1.54, 1.807) is 11.3 Å². The van der Waals surface area contributed by atoms with Gasteiger partial charge in [-0.15, -0.1) is 11.3 Å². The molecule has 3 heteroatoms. The Bertz CT molecular complexity index is 581. The molecule has 1 aliphatic carbocycles. The lowest BCUT2D eigenvalue weighted by Gasteiger charge is -2.28. The summed E-state index contributed by atoms with van der Waals surface area (Å²) in [7, 11) is 0. The van der Waals surface area contributed by atoms with Crippen LogP contribution in [-0.4, -0.2) is 5.78 Å². The van der Waals surface area contributed by atoms with E-state index in [9.17, 15) is 4.79 Å². The zero-order chi connectivity index (χ0) is 12.0. The summed E-state index contributed by atoms with van der Waals surface area (Å²) in [6.45, 7) is 2.02. The van der Waals surface area contributed by atoms with Gasteiger partial charge in [0, 0.05) is 0 Å². The van der Waals surface area contributed by atoms with Crippen molar-refractivity contribution >= 4 is 33.0 Å². The molecule has 1 aromatic carbocycles. The third-order valence-electron chi connectivity index (χ3n) is 3.27. The zero-order valence-corrected chi connectivity index (χ0v) is 11.8. The van der Waals surface area contributed by atoms with Gasteiger partial charge in [-0.05, 0) is 52.0 Å². The third-order valence-corrected chi connectivity index (χ3v) is 5.42. The Kier molecular flexibility index (Phi) is 2.68. The van der Waals surface area contributed by atoms with E-state index in [4.69, 9.17) is 0 Å². The molecule has 1 aliphatic rings. The van der Waals surface area contributed by atoms with E-state index in [0.717, 1.165) is 20.6 Å². The van der Waals surface area contributed by atoms with Crippen LogP contribution in [0, 0.1) is 6.92 Å². The Morgan fingerprint density at radius 1 is 1.41 bits per heavy atom. The van der Waals surface area contributed by atoms with Gasteiger partial charge in [0.05, 0.1) is 14.6 Å². The Labute approximate surface area is 113 Å². The van der Waals surface area contributed by atoms with Gasteiger partial charge in [-0.25, -0.2) is 0 Å². The Hall–Kier alpha value is -0.930. The third kappa shape index (κ3) is 1.78. The van der Waals surface area contributed by atoms with Crippen LogP contribution in [0.2, 0.25) is 0 Å². The number of carbonyl (C=O) groups is 1. The molecule has 0 bridgehead atoms. The van der Waals surface area contributed by atoms with Gasteiger partial charge in [-0.1, -0.05) is 24.3 Å². The van der Waals surface area contributed by atoms with Gasteiger partial charge < -0.3 is 0 Å². The SMILES string of the molecule is Cc1cc(C(=O)C2Cc3ccccc32)sc1Br. The number of hydrogen-bond acceptors (Lipinski definition) is 2. The van der Waals surface area contributed by atoms with Crippen LogP contribution in [0.15, 0.2) is 34.1 Å². The second kappa shape index (κ2) is 4.07. The van der Waals surface area contributed by atoms with Gasteiger partial charge in [0.2, 0.25) is 0 Å². The Morgan fingerprint density at radius 2 is 2.18 bits per heavy atom. The van der Waals surface area contributed by atoms with Crippen molar-refractivity contribution < 1.29 is 4.79 Å². The van der Waals surface area contributed by atoms with Crippen molar-refractivity contribution in [1.82, 2.24) is 0 Å². The lowest BCUT2D eigenvalue weighted by Crippen LogP contribution is -2.24. The molecule has 17 heavy (non-hydrogen) atoms. The van der Waals surface area contributed by atoms with E-state index in [2.05, 4.69) is 28.1 Å². The second-order valence-electron chi connectivity index (χ2n) is 4.39. The molecule has 1 nitrogen and oxygen atoms in total. The predicted octanol–water partition coefficient (Wildman–Crippen LogP) is 4.34. The van der Waals surface area contributed by atoms with Crippen LogP contribution in [0.25, 0.3) is 0 Å². The van der Waals surface area contributed by atoms with Crippen molar-refractivity contribution in [3.05, 3.63) is 55.7 Å². The highest BCUT2D eigenvalue weighted by Gasteiger charge is 2.33. The van der Waals surface area contributed by atoms with Crippen LogP contribution < -0.4 is 0 Å². The molecule has 0 amide bonds. The van der Waals surface area contributed by atoms with Crippen molar-refractivity contribution in [2.45, 2.75) is 19.3 Å². The highest BCUT2D eigenvalue weighted by molar-refractivity contribution is 9.11. The maximum Gasteiger partial charge on any atom is 0.180 e. The molecule has 0 N–H and O–H groups in total. The summed E-state index contributed by atoms with van der Waals surface area (Å²) in [4.78, 5) is 13.2. The van der Waals surface area contributed by atoms with Gasteiger partial charge in [-0.3, -0.25) is 4.79 Å². The van der Waals surface area contributed by atoms with Gasteiger partial charge >= 0.3 is 0 Å². The van der Waals surface area contributed by atoms with Crippen molar-refractivity contribution in [2.75, 3.05) is 0 Å². The minimum absolute atomic E-state index is 0.0798. The fraction of sp³-hybridized carbons (Fsp3) is 0.214. The van der Waals surface area contributed by atoms with E-state index < -0.39 is 0 Å². The summed E-state index contributed by atoms with van der Waals surface area (Å²) in [5, 5.41) is 0. The first-order chi connectivity index (χ1) is 8.16. The largest absolute Gasteiger partial charge is 0.293 e. The molecular weight excluding hydrogens is 296 g/mol. The van der Waals surface area contributed by atoms with Gasteiger partial charge in [0.15, 0.2) is 5.78 Å². The average Bonchev–Trinajstić information content (AvgIpc) is 2.61. The number of fused-ring (bicyclic) bond motifs is 1. The minimum Gasteiger partial charge on any atom is -0.293 e. The number of benzene rings is 1. The van der Waals surface area contributed by atoms with Crippen molar-refractivity contribution in [3.63, 3.8) is 0 Å². The molecule has 0 radical (unpaired) electrons. The maximum absolute atomic E-state index is 12.3. The molecule has 2 aromatic rings. The van der Waals surface area contributed by atoms with Crippen LogP contribution in [0.5, 0.6) is 0 Å². The number of ketones is 1. The Morgan fingerprint density at radius 3 is 2.82 bits per heavy atom.